The summed E-state index contributed by atoms with van der Waals surface area (Å²) >= 11 is 0. The van der Waals surface area contributed by atoms with Crippen molar-refractivity contribution in [3.05, 3.63) is 18.3 Å². The molecule has 1 heterocycles. The quantitative estimate of drug-likeness (QED) is 0.699. The molecule has 0 saturated heterocycles. The van der Waals surface area contributed by atoms with Crippen LogP contribution >= 0.6 is 0 Å². The predicted octanol–water partition coefficient (Wildman–Crippen LogP) is 1.68. The van der Waals surface area contributed by atoms with Crippen LogP contribution < -0.4 is 5.32 Å². The lowest BCUT2D eigenvalue weighted by atomic mass is 10.2. The van der Waals surface area contributed by atoms with E-state index in [9.17, 15) is 4.39 Å². The highest BCUT2D eigenvalue weighted by molar-refractivity contribution is 5.31. The van der Waals surface area contributed by atoms with E-state index >= 15 is 0 Å². The average Bonchev–Trinajstić information content (AvgIpc) is 2.01. The van der Waals surface area contributed by atoms with Gasteiger partial charge in [0.15, 0.2) is 0 Å². The van der Waals surface area contributed by atoms with Gasteiger partial charge in [0.2, 0.25) is 5.95 Å². The van der Waals surface area contributed by atoms with Crippen LogP contribution in [-0.2, 0) is 0 Å². The van der Waals surface area contributed by atoms with E-state index in [-0.39, 0.29) is 0 Å². The van der Waals surface area contributed by atoms with E-state index in [2.05, 4.69) is 29.1 Å². The number of nitrogens with one attached hydrogen (secondary N) is 1. The van der Waals surface area contributed by atoms with E-state index in [1.54, 1.807) is 0 Å². The van der Waals surface area contributed by atoms with Gasteiger partial charge >= 0.3 is 0 Å². The fourth-order valence-electron chi connectivity index (χ4n) is 0.739. The lowest BCUT2D eigenvalue weighted by molar-refractivity contribution is 0.579. The number of anilines is 1. The molecule has 1 aromatic rings. The van der Waals surface area contributed by atoms with Gasteiger partial charge in [0, 0.05) is 12.6 Å². The minimum Gasteiger partial charge on any atom is -0.370 e. The van der Waals surface area contributed by atoms with Crippen molar-refractivity contribution in [3.63, 3.8) is 0 Å². The maximum absolute atomic E-state index is 12.5. The normalized spacial score (nSPS) is 10.3. The summed E-state index contributed by atoms with van der Waals surface area (Å²) in [6, 6.07) is 1.28. The van der Waals surface area contributed by atoms with Crippen LogP contribution in [0.2, 0.25) is 0 Å². The Hall–Kier alpha value is -1.19. The molecule has 1 N–H and O–H groups in total. The Balaban J connectivity index is 2.52. The zero-order valence-corrected chi connectivity index (χ0v) is 7.21. The first-order valence-electron chi connectivity index (χ1n) is 3.90. The third kappa shape index (κ3) is 2.82. The molecule has 66 valence electrons. The van der Waals surface area contributed by atoms with Gasteiger partial charge < -0.3 is 5.32 Å². The first-order chi connectivity index (χ1) is 5.68. The number of rotatable bonds is 3. The number of hydrogen-bond acceptors (Lipinski definition) is 3. The Morgan fingerprint density at radius 1 is 1.50 bits per heavy atom. The van der Waals surface area contributed by atoms with Crippen molar-refractivity contribution in [3.8, 4) is 0 Å². The summed E-state index contributed by atoms with van der Waals surface area (Å²) in [5, 5.41) is 2.99. The molecule has 3 nitrogen and oxygen atoms in total. The first kappa shape index (κ1) is 8.90. The van der Waals surface area contributed by atoms with Gasteiger partial charge in [-0.15, -0.1) is 0 Å². The van der Waals surface area contributed by atoms with E-state index in [0.717, 1.165) is 6.54 Å². The van der Waals surface area contributed by atoms with Crippen molar-refractivity contribution in [2.24, 2.45) is 5.92 Å². The molecule has 0 unspecified atom stereocenters. The Morgan fingerprint density at radius 2 is 2.25 bits per heavy atom. The topological polar surface area (TPSA) is 37.8 Å². The molecule has 1 aromatic heterocycles. The Bertz CT molecular complexity index is 250. The summed E-state index contributed by atoms with van der Waals surface area (Å²) < 4.78 is 12.5. The summed E-state index contributed by atoms with van der Waals surface area (Å²) in [4.78, 5) is 7.20. The standard InChI is InChI=1S/C8H12FN3/c1-6(2)4-10-8-3-7(9)11-5-12-8/h3,5-6H,4H2,1-2H3,(H,10,11,12). The van der Waals surface area contributed by atoms with Crippen molar-refractivity contribution in [1.82, 2.24) is 9.97 Å². The lowest BCUT2D eigenvalue weighted by Crippen LogP contribution is -2.09. The summed E-state index contributed by atoms with van der Waals surface area (Å²) in [5.74, 6) is 0.551. The van der Waals surface area contributed by atoms with Crippen LogP contribution in [0.1, 0.15) is 13.8 Å². The lowest BCUT2D eigenvalue weighted by Gasteiger charge is -2.06. The van der Waals surface area contributed by atoms with E-state index in [1.807, 2.05) is 0 Å². The number of hydrogen-bond donors (Lipinski definition) is 1. The number of nitrogens with zero attached hydrogens (tertiary/aromatic N) is 2. The highest BCUT2D eigenvalue weighted by Crippen LogP contribution is 2.03. The van der Waals surface area contributed by atoms with Gasteiger partial charge in [0.25, 0.3) is 0 Å². The molecule has 0 aromatic carbocycles. The fraction of sp³-hybridized carbons (Fsp3) is 0.500. The predicted molar refractivity (Wildman–Crippen MR) is 45.3 cm³/mol. The summed E-state index contributed by atoms with van der Waals surface area (Å²) in [6.07, 6.45) is 1.21. The fourth-order valence-corrected chi connectivity index (χ4v) is 0.739. The molecule has 0 aliphatic rings. The molecule has 0 aliphatic heterocycles. The van der Waals surface area contributed by atoms with Gasteiger partial charge in [-0.05, 0) is 5.92 Å². The molecule has 0 bridgehead atoms. The molecule has 0 spiro atoms. The van der Waals surface area contributed by atoms with Crippen molar-refractivity contribution < 1.29 is 4.39 Å². The molecule has 1 rings (SSSR count). The molecular weight excluding hydrogens is 157 g/mol. The van der Waals surface area contributed by atoms with Crippen molar-refractivity contribution in [1.29, 1.82) is 0 Å². The zero-order chi connectivity index (χ0) is 8.97. The molecule has 0 aliphatic carbocycles. The van der Waals surface area contributed by atoms with Gasteiger partial charge in [0.05, 0.1) is 0 Å². The molecule has 0 saturated carbocycles. The highest BCUT2D eigenvalue weighted by atomic mass is 19.1. The zero-order valence-electron chi connectivity index (χ0n) is 7.21. The minimum atomic E-state index is -0.503. The Labute approximate surface area is 71.0 Å². The molecule has 0 atom stereocenters. The largest absolute Gasteiger partial charge is 0.370 e. The molecule has 0 amide bonds. The van der Waals surface area contributed by atoms with E-state index in [4.69, 9.17) is 0 Å². The molecule has 4 heteroatoms. The van der Waals surface area contributed by atoms with E-state index in [1.165, 1.54) is 12.4 Å². The van der Waals surface area contributed by atoms with Crippen LogP contribution in [0, 0.1) is 11.9 Å². The van der Waals surface area contributed by atoms with Gasteiger partial charge in [-0.1, -0.05) is 13.8 Å². The molecule has 12 heavy (non-hydrogen) atoms. The second-order valence-electron chi connectivity index (χ2n) is 3.00. The van der Waals surface area contributed by atoms with Gasteiger partial charge in [-0.2, -0.15) is 4.39 Å². The van der Waals surface area contributed by atoms with Crippen molar-refractivity contribution in [2.45, 2.75) is 13.8 Å². The van der Waals surface area contributed by atoms with Crippen LogP contribution in [0.5, 0.6) is 0 Å². The number of halogens is 1. The van der Waals surface area contributed by atoms with Crippen LogP contribution in [0.25, 0.3) is 0 Å². The molecule has 0 fully saturated rings. The summed E-state index contributed by atoms with van der Waals surface area (Å²) in [6.45, 7) is 4.94. The van der Waals surface area contributed by atoms with E-state index < -0.39 is 5.95 Å². The van der Waals surface area contributed by atoms with E-state index in [0.29, 0.717) is 11.7 Å². The Morgan fingerprint density at radius 3 is 2.83 bits per heavy atom. The van der Waals surface area contributed by atoms with Crippen LogP contribution in [-0.4, -0.2) is 16.5 Å². The molecular formula is C8H12FN3. The smallest absolute Gasteiger partial charge is 0.217 e. The second-order valence-corrected chi connectivity index (χ2v) is 3.00. The third-order valence-corrected chi connectivity index (χ3v) is 1.33. The van der Waals surface area contributed by atoms with Gasteiger partial charge in [-0.25, -0.2) is 9.97 Å². The SMILES string of the molecule is CC(C)CNc1cc(F)ncn1. The average molecular weight is 169 g/mol. The highest BCUT2D eigenvalue weighted by Gasteiger charge is 1.97. The minimum absolute atomic E-state index is 0.503. The maximum Gasteiger partial charge on any atom is 0.217 e. The summed E-state index contributed by atoms with van der Waals surface area (Å²) in [5.41, 5.74) is 0. The van der Waals surface area contributed by atoms with Crippen molar-refractivity contribution >= 4 is 5.82 Å². The maximum atomic E-state index is 12.5. The third-order valence-electron chi connectivity index (χ3n) is 1.33. The van der Waals surface area contributed by atoms with Crippen LogP contribution in [0.15, 0.2) is 12.4 Å². The summed E-state index contributed by atoms with van der Waals surface area (Å²) in [7, 11) is 0. The Kier molecular flexibility index (Phi) is 2.96. The first-order valence-corrected chi connectivity index (χ1v) is 3.90. The number of aromatic nitrogens is 2. The van der Waals surface area contributed by atoms with Gasteiger partial charge in [0.1, 0.15) is 12.1 Å². The van der Waals surface area contributed by atoms with Crippen molar-refractivity contribution in [2.75, 3.05) is 11.9 Å². The van der Waals surface area contributed by atoms with Gasteiger partial charge in [-0.3, -0.25) is 0 Å². The molecule has 0 radical (unpaired) electrons. The van der Waals surface area contributed by atoms with Crippen LogP contribution in [0.4, 0.5) is 10.2 Å². The monoisotopic (exact) mass is 169 g/mol. The second kappa shape index (κ2) is 3.99. The van der Waals surface area contributed by atoms with Crippen LogP contribution in [0.3, 0.4) is 0 Å².